The van der Waals surface area contributed by atoms with Gasteiger partial charge in [-0.25, -0.2) is 13.4 Å². The van der Waals surface area contributed by atoms with E-state index < -0.39 is 75.7 Å². The lowest BCUT2D eigenvalue weighted by Crippen LogP contribution is -2.52. The van der Waals surface area contributed by atoms with Crippen molar-refractivity contribution in [2.45, 2.75) is 96.3 Å². The predicted octanol–water partition coefficient (Wildman–Crippen LogP) is -0.891. The van der Waals surface area contributed by atoms with Gasteiger partial charge in [-0.05, 0) is 75.3 Å². The van der Waals surface area contributed by atoms with Crippen LogP contribution < -0.4 is 42.1 Å². The van der Waals surface area contributed by atoms with Gasteiger partial charge in [-0.15, -0.1) is 0 Å². The molecule has 32 heteroatoms. The van der Waals surface area contributed by atoms with E-state index in [-0.39, 0.29) is 152 Å². The Kier molecular flexibility index (Phi) is 29.9. The van der Waals surface area contributed by atoms with Gasteiger partial charge in [-0.1, -0.05) is 30.7 Å². The van der Waals surface area contributed by atoms with Crippen LogP contribution in [0, 0.1) is 20.8 Å². The number of sulfonamides is 1. The topological polar surface area (TPSA) is 426 Å². The lowest BCUT2D eigenvalue weighted by atomic mass is 10.1. The summed E-state index contributed by atoms with van der Waals surface area (Å²) in [5.41, 5.74) is 1.87. The number of amides is 5. The fourth-order valence-corrected chi connectivity index (χ4v) is 11.9. The van der Waals surface area contributed by atoms with E-state index in [1.54, 1.807) is 94.6 Å². The highest BCUT2D eigenvalue weighted by molar-refractivity contribution is 7.89. The fourth-order valence-electron chi connectivity index (χ4n) is 10.2. The Morgan fingerprint density at radius 1 is 0.670 bits per heavy atom. The first-order valence-electron chi connectivity index (χ1n) is 30.1. The molecule has 0 bridgehead atoms. The Bertz CT molecular complexity index is 3270. The number of benzene rings is 2. The smallest absolute Gasteiger partial charge is 0.323 e. The third-order valence-electron chi connectivity index (χ3n) is 14.7. The van der Waals surface area contributed by atoms with Crippen LogP contribution in [0.15, 0.2) is 58.6 Å². The number of anilines is 1. The molecule has 2 atom stereocenters. The molecule has 3 heterocycles. The van der Waals surface area contributed by atoms with Crippen molar-refractivity contribution < 1.29 is 76.7 Å². The number of H-pyrrole nitrogens is 1. The molecule has 1 aliphatic heterocycles. The number of nitrogens with zero attached hydrogens (tertiary/aromatic N) is 6. The summed E-state index contributed by atoms with van der Waals surface area (Å²) < 4.78 is 36.4. The molecule has 1 aliphatic rings. The summed E-state index contributed by atoms with van der Waals surface area (Å²) in [5.74, 6) is -6.79. The van der Waals surface area contributed by atoms with Gasteiger partial charge in [0.15, 0.2) is 5.95 Å². The molecule has 0 radical (unpaired) electrons. The largest absolute Gasteiger partial charge is 0.480 e. The molecule has 2 aromatic heterocycles. The van der Waals surface area contributed by atoms with E-state index in [1.165, 1.54) is 6.20 Å². The maximum absolute atomic E-state index is 13.9. The number of hydrogen-bond acceptors (Lipinski definition) is 19. The first-order chi connectivity index (χ1) is 43.3. The van der Waals surface area contributed by atoms with Crippen molar-refractivity contribution in [1.82, 2.24) is 65.4 Å². The molecule has 1 fully saturated rings. The number of aromatic amines is 1. The Hall–Kier alpha value is -8.40. The van der Waals surface area contributed by atoms with Crippen molar-refractivity contribution in [1.29, 1.82) is 0 Å². The number of ether oxygens (including phenoxy) is 1. The Labute approximate surface area is 527 Å². The van der Waals surface area contributed by atoms with E-state index >= 15 is 0 Å². The molecule has 0 spiro atoms. The predicted molar refractivity (Wildman–Crippen MR) is 333 cm³/mol. The first kappa shape index (κ1) is 73.3. The zero-order valence-electron chi connectivity index (χ0n) is 51.8. The van der Waals surface area contributed by atoms with E-state index in [4.69, 9.17) is 4.74 Å². The fraction of sp³-hybridized carbons (Fsp3) is 0.542. The number of aromatic nitrogens is 3. The molecular formula is C59H86N14O17S. The minimum absolute atomic E-state index is 0.0832. The molecule has 5 rings (SSSR count). The zero-order chi connectivity index (χ0) is 66.6. The minimum atomic E-state index is -4.36. The van der Waals surface area contributed by atoms with Gasteiger partial charge in [-0.2, -0.15) is 4.72 Å². The molecule has 91 heavy (non-hydrogen) atoms. The molecule has 500 valence electrons. The van der Waals surface area contributed by atoms with E-state index in [2.05, 4.69) is 46.6 Å². The quantitative estimate of drug-likeness (QED) is 0.0246. The molecule has 4 aromatic rings. The molecule has 0 aliphatic carbocycles. The molecule has 5 amide bonds. The normalized spacial score (nSPS) is 14.7. The van der Waals surface area contributed by atoms with Crippen molar-refractivity contribution >= 4 is 80.3 Å². The molecule has 2 aromatic carbocycles. The number of imidazole rings is 1. The van der Waals surface area contributed by atoms with E-state index in [1.807, 2.05) is 0 Å². The molecule has 31 nitrogen and oxygen atoms in total. The number of carbonyl (C=O) groups excluding carboxylic acids is 5. The highest BCUT2D eigenvalue weighted by atomic mass is 32.2. The first-order valence-corrected chi connectivity index (χ1v) is 31.5. The summed E-state index contributed by atoms with van der Waals surface area (Å²) in [6.07, 6.45) is 5.89. The summed E-state index contributed by atoms with van der Waals surface area (Å²) in [4.78, 5) is 140. The van der Waals surface area contributed by atoms with E-state index in [9.17, 15) is 76.8 Å². The van der Waals surface area contributed by atoms with E-state index in [0.29, 0.717) is 61.6 Å². The number of carbonyl (C=O) groups is 9. The number of aryl methyl sites for hydroxylation is 4. The van der Waals surface area contributed by atoms with Gasteiger partial charge in [0.2, 0.25) is 39.1 Å². The number of nitrogens with one attached hydrogen (secondary N) is 8. The second-order valence-electron chi connectivity index (χ2n) is 22.1. The number of carboxylic acids is 4. The van der Waals surface area contributed by atoms with Crippen LogP contribution in [0.5, 0.6) is 0 Å². The van der Waals surface area contributed by atoms with Crippen LogP contribution in [0.3, 0.4) is 0 Å². The van der Waals surface area contributed by atoms with Crippen LogP contribution in [0.4, 0.5) is 5.95 Å². The van der Waals surface area contributed by atoms with Crippen LogP contribution in [-0.4, -0.2) is 246 Å². The summed E-state index contributed by atoms with van der Waals surface area (Å²) >= 11 is 0. The lowest BCUT2D eigenvalue weighted by molar-refractivity contribution is -0.140. The number of aliphatic carboxylic acids is 4. The Balaban J connectivity index is 1.02. The standard InChI is InChI=1S/C59H86N14O17S/c1-5-45(67-50(76)35-69-19-21-70(36-51(77)78)23-25-72(38-53(81)82)26-24-71(22-20-69)37-52(79)80)57(85)62-15-8-28-90-27-7-14-61-49(75)12-11-48(74)60-13-6-18-73-34-44(54(83)43-10-9-42(31-47(43)73)32-66-59-63-16-17-64-59)56(84)65-33-46(58(86)87)68-91(88,89)55-40(3)29-39(2)30-41(55)4/h9-10,16-17,29-31,34,45-46,68H,5-8,11-15,18-28,32-33,35-38H2,1-4H3,(H,60,74)(H,61,75)(H,62,85)(H,65,84)(H,67,76)(H,77,78)(H,79,80)(H,81,82)(H,86,87)(H2,63,64,66)/t45?,46-/m0/s1. The highest BCUT2D eigenvalue weighted by Crippen LogP contribution is 2.22. The molecule has 1 saturated heterocycles. The average Bonchev–Trinajstić information content (AvgIpc) is 1.10. The van der Waals surface area contributed by atoms with Crippen LogP contribution in [-0.2, 0) is 66.2 Å². The number of pyridine rings is 1. The van der Waals surface area contributed by atoms with Gasteiger partial charge >= 0.3 is 23.9 Å². The van der Waals surface area contributed by atoms with Gasteiger partial charge in [0.25, 0.3) is 5.91 Å². The number of rotatable bonds is 36. The van der Waals surface area contributed by atoms with Gasteiger partial charge < -0.3 is 66.6 Å². The molecular weight excluding hydrogens is 1210 g/mol. The molecule has 12 N–H and O–H groups in total. The minimum Gasteiger partial charge on any atom is -0.480 e. The third-order valence-corrected chi connectivity index (χ3v) is 16.5. The van der Waals surface area contributed by atoms with Gasteiger partial charge in [0, 0.05) is 142 Å². The Morgan fingerprint density at radius 3 is 1.70 bits per heavy atom. The average molecular weight is 1300 g/mol. The number of hydrogen-bond donors (Lipinski definition) is 12. The van der Waals surface area contributed by atoms with Gasteiger partial charge in [0.1, 0.15) is 17.6 Å². The number of fused-ring (bicyclic) bond motifs is 1. The monoisotopic (exact) mass is 1290 g/mol. The highest BCUT2D eigenvalue weighted by Gasteiger charge is 2.30. The second kappa shape index (κ2) is 37.1. The van der Waals surface area contributed by atoms with Crippen LogP contribution in [0.2, 0.25) is 0 Å². The van der Waals surface area contributed by atoms with Crippen molar-refractivity contribution in [3.63, 3.8) is 0 Å². The van der Waals surface area contributed by atoms with Gasteiger partial charge in [0.05, 0.1) is 36.6 Å². The van der Waals surface area contributed by atoms with Crippen molar-refractivity contribution in [2.24, 2.45) is 0 Å². The summed E-state index contributed by atoms with van der Waals surface area (Å²) in [6.45, 7) is 8.62. The molecule has 1 unspecified atom stereocenters. The third kappa shape index (κ3) is 25.4. The summed E-state index contributed by atoms with van der Waals surface area (Å²) in [5, 5.41) is 55.3. The van der Waals surface area contributed by atoms with Crippen molar-refractivity contribution in [2.75, 3.05) is 123 Å². The van der Waals surface area contributed by atoms with Crippen molar-refractivity contribution in [3.8, 4) is 0 Å². The van der Waals surface area contributed by atoms with Crippen LogP contribution >= 0.6 is 0 Å². The summed E-state index contributed by atoms with van der Waals surface area (Å²) in [7, 11) is -4.36. The maximum atomic E-state index is 13.9. The Morgan fingerprint density at radius 2 is 1.20 bits per heavy atom. The second-order valence-corrected chi connectivity index (χ2v) is 23.8. The maximum Gasteiger partial charge on any atom is 0.323 e. The van der Waals surface area contributed by atoms with Gasteiger partial charge in [-0.3, -0.25) is 67.5 Å². The zero-order valence-corrected chi connectivity index (χ0v) is 52.7. The van der Waals surface area contributed by atoms with Crippen molar-refractivity contribution in [3.05, 3.63) is 87.0 Å². The van der Waals surface area contributed by atoms with Crippen LogP contribution in [0.1, 0.15) is 78.1 Å². The number of carboxylic acid groups (broad SMARTS) is 4. The molecule has 0 saturated carbocycles. The summed E-state index contributed by atoms with van der Waals surface area (Å²) in [6, 6.07) is 5.69. The SMILES string of the molecule is CCC(NC(=O)CN1CCN(CC(=O)O)CCN(CC(=O)O)CCN(CC(=O)O)CC1)C(=O)NCCCOCCCNC(=O)CCC(=O)NCCCn1cc(C(=O)NC[C@H](NS(=O)(=O)c2c(C)cc(C)cc2C)C(=O)O)c(=O)c2ccc(CNc3ncc[nH]3)cc21. The lowest BCUT2D eigenvalue weighted by Gasteiger charge is -2.33. The van der Waals surface area contributed by atoms with E-state index in [0.717, 1.165) is 11.1 Å². The van der Waals surface area contributed by atoms with Crippen LogP contribution in [0.25, 0.3) is 10.9 Å².